The van der Waals surface area contributed by atoms with Gasteiger partial charge in [-0.2, -0.15) is 0 Å². The van der Waals surface area contributed by atoms with Crippen LogP contribution in [0.5, 0.6) is 0 Å². The molecule has 8 nitrogen and oxygen atoms in total. The molecule has 0 aliphatic heterocycles. The summed E-state index contributed by atoms with van der Waals surface area (Å²) in [4.78, 5) is 25.9. The molecule has 0 aliphatic carbocycles. The summed E-state index contributed by atoms with van der Waals surface area (Å²) in [7, 11) is 0. The predicted octanol–water partition coefficient (Wildman–Crippen LogP) is 3.52. The van der Waals surface area contributed by atoms with E-state index in [1.54, 1.807) is 24.8 Å². The van der Waals surface area contributed by atoms with Crippen LogP contribution in [0.1, 0.15) is 0 Å². The average molecular weight is 340 g/mol. The lowest BCUT2D eigenvalue weighted by Gasteiger charge is -1.99. The molecule has 0 unspecified atom stereocenters. The monoisotopic (exact) mass is 340 g/mol. The summed E-state index contributed by atoms with van der Waals surface area (Å²) in [5.41, 5.74) is 4.81. The van der Waals surface area contributed by atoms with Gasteiger partial charge in [0.1, 0.15) is 23.1 Å². The first-order valence-corrected chi connectivity index (χ1v) is 7.86. The van der Waals surface area contributed by atoms with Crippen LogP contribution in [-0.2, 0) is 0 Å². The average Bonchev–Trinajstić information content (AvgIpc) is 3.24. The quantitative estimate of drug-likeness (QED) is 0.448. The van der Waals surface area contributed by atoms with Gasteiger partial charge in [-0.1, -0.05) is 0 Å². The van der Waals surface area contributed by atoms with Crippen molar-refractivity contribution >= 4 is 44.4 Å². The molecule has 0 fully saturated rings. The molecule has 0 atom stereocenters. The fourth-order valence-corrected chi connectivity index (χ4v) is 3.04. The highest BCUT2D eigenvalue weighted by molar-refractivity contribution is 6.03. The Morgan fingerprint density at radius 2 is 1.69 bits per heavy atom. The fraction of sp³-hybridized carbons (Fsp3) is 0. The van der Waals surface area contributed by atoms with Gasteiger partial charge in [0.15, 0.2) is 11.1 Å². The molecule has 6 rings (SSSR count). The third-order valence-electron chi connectivity index (χ3n) is 4.24. The van der Waals surface area contributed by atoms with Crippen LogP contribution in [0.4, 0.5) is 0 Å². The van der Waals surface area contributed by atoms with Crippen LogP contribution in [0.25, 0.3) is 55.8 Å². The summed E-state index contributed by atoms with van der Waals surface area (Å²) in [5.74, 6) is 0. The molecule has 0 N–H and O–H groups in total. The fourth-order valence-electron chi connectivity index (χ4n) is 3.04. The van der Waals surface area contributed by atoms with Crippen LogP contribution >= 0.6 is 0 Å². The highest BCUT2D eigenvalue weighted by Crippen LogP contribution is 2.30. The van der Waals surface area contributed by atoms with E-state index in [0.717, 1.165) is 10.8 Å². The van der Waals surface area contributed by atoms with E-state index in [2.05, 4.69) is 29.9 Å². The van der Waals surface area contributed by atoms with Gasteiger partial charge in [-0.15, -0.1) is 0 Å². The van der Waals surface area contributed by atoms with E-state index in [-0.39, 0.29) is 0 Å². The van der Waals surface area contributed by atoms with E-state index < -0.39 is 0 Å². The smallest absolute Gasteiger partial charge is 0.248 e. The summed E-state index contributed by atoms with van der Waals surface area (Å²) in [6.07, 6.45) is 8.25. The van der Waals surface area contributed by atoms with E-state index >= 15 is 0 Å². The molecular weight excluding hydrogens is 332 g/mol. The first kappa shape index (κ1) is 13.4. The van der Waals surface area contributed by atoms with E-state index in [1.807, 2.05) is 18.2 Å². The largest absolute Gasteiger partial charge is 0.437 e. The standard InChI is InChI=1S/C18H8N6O2/c1-2-13-15(20-3-1)16-18(25-13)24-12(7-22-16)11-4-14-9(6-21-11)10-5-19-8-23-17(10)26-14/h1-8H. The van der Waals surface area contributed by atoms with Crippen molar-refractivity contribution in [1.29, 1.82) is 0 Å². The summed E-state index contributed by atoms with van der Waals surface area (Å²) in [6.45, 7) is 0. The van der Waals surface area contributed by atoms with Crippen molar-refractivity contribution in [2.75, 3.05) is 0 Å². The molecule has 0 saturated carbocycles. The Morgan fingerprint density at radius 3 is 2.69 bits per heavy atom. The summed E-state index contributed by atoms with van der Waals surface area (Å²) in [5, 5.41) is 1.68. The number of aromatic nitrogens is 6. The van der Waals surface area contributed by atoms with Gasteiger partial charge in [-0.05, 0) is 12.1 Å². The Morgan fingerprint density at radius 1 is 0.731 bits per heavy atom. The Balaban J connectivity index is 1.57. The third kappa shape index (κ3) is 1.78. The second kappa shape index (κ2) is 4.79. The Bertz CT molecular complexity index is 1340. The van der Waals surface area contributed by atoms with E-state index in [1.165, 1.54) is 6.33 Å². The van der Waals surface area contributed by atoms with Crippen LogP contribution in [-0.4, -0.2) is 29.9 Å². The van der Waals surface area contributed by atoms with E-state index in [4.69, 9.17) is 8.83 Å². The highest BCUT2D eigenvalue weighted by atomic mass is 16.3. The van der Waals surface area contributed by atoms with Gasteiger partial charge in [0.25, 0.3) is 0 Å². The summed E-state index contributed by atoms with van der Waals surface area (Å²) in [6, 6.07) is 5.46. The minimum atomic E-state index is 0.425. The molecule has 6 aromatic rings. The molecule has 122 valence electrons. The SMILES string of the molecule is c1cnc2c(c1)oc1nc(-c3cc4oc5ncncc5c4cn3)cnc12. The van der Waals surface area contributed by atoms with Gasteiger partial charge >= 0.3 is 0 Å². The van der Waals surface area contributed by atoms with Crippen molar-refractivity contribution in [2.45, 2.75) is 0 Å². The lowest BCUT2D eigenvalue weighted by Crippen LogP contribution is -1.89. The van der Waals surface area contributed by atoms with Gasteiger partial charge in [-0.25, -0.2) is 19.9 Å². The highest BCUT2D eigenvalue weighted by Gasteiger charge is 2.14. The Kier molecular flexibility index (Phi) is 2.46. The summed E-state index contributed by atoms with van der Waals surface area (Å²) < 4.78 is 11.5. The predicted molar refractivity (Wildman–Crippen MR) is 93.2 cm³/mol. The zero-order chi connectivity index (χ0) is 17.1. The normalized spacial score (nSPS) is 11.8. The van der Waals surface area contributed by atoms with Gasteiger partial charge < -0.3 is 8.83 Å². The zero-order valence-electron chi connectivity index (χ0n) is 13.1. The zero-order valence-corrected chi connectivity index (χ0v) is 13.1. The van der Waals surface area contributed by atoms with Crippen molar-refractivity contribution in [3.05, 3.63) is 49.3 Å². The topological polar surface area (TPSA) is 104 Å². The molecular formula is C18H8N6O2. The maximum Gasteiger partial charge on any atom is 0.248 e. The molecule has 26 heavy (non-hydrogen) atoms. The van der Waals surface area contributed by atoms with Crippen molar-refractivity contribution in [2.24, 2.45) is 0 Å². The summed E-state index contributed by atoms with van der Waals surface area (Å²) >= 11 is 0. The number of furan rings is 2. The molecule has 0 aromatic carbocycles. The van der Waals surface area contributed by atoms with Gasteiger partial charge in [0, 0.05) is 30.0 Å². The second-order valence-electron chi connectivity index (χ2n) is 5.77. The molecule has 0 saturated heterocycles. The lowest BCUT2D eigenvalue weighted by molar-refractivity contribution is 0.651. The molecule has 0 spiro atoms. The first-order chi connectivity index (χ1) is 12.9. The number of hydrogen-bond donors (Lipinski definition) is 0. The number of fused-ring (bicyclic) bond motifs is 6. The number of rotatable bonds is 1. The number of hydrogen-bond acceptors (Lipinski definition) is 8. The second-order valence-corrected chi connectivity index (χ2v) is 5.77. The minimum absolute atomic E-state index is 0.425. The van der Waals surface area contributed by atoms with E-state index in [0.29, 0.717) is 45.0 Å². The molecule has 6 heterocycles. The molecule has 8 heteroatoms. The van der Waals surface area contributed by atoms with Crippen LogP contribution < -0.4 is 0 Å². The van der Waals surface area contributed by atoms with Crippen molar-refractivity contribution < 1.29 is 8.83 Å². The molecule has 0 amide bonds. The first-order valence-electron chi connectivity index (χ1n) is 7.86. The number of nitrogens with zero attached hydrogens (tertiary/aromatic N) is 6. The van der Waals surface area contributed by atoms with E-state index in [9.17, 15) is 0 Å². The molecule has 0 radical (unpaired) electrons. The molecule has 0 aliphatic rings. The Labute approximate surface area is 144 Å². The van der Waals surface area contributed by atoms with Crippen molar-refractivity contribution in [1.82, 2.24) is 29.9 Å². The van der Waals surface area contributed by atoms with Crippen molar-refractivity contribution in [3.63, 3.8) is 0 Å². The molecule has 6 aromatic heterocycles. The minimum Gasteiger partial charge on any atom is -0.437 e. The van der Waals surface area contributed by atoms with Crippen LogP contribution in [0.2, 0.25) is 0 Å². The Hall–Kier alpha value is -3.94. The van der Waals surface area contributed by atoms with Gasteiger partial charge in [0.05, 0.1) is 17.3 Å². The lowest BCUT2D eigenvalue weighted by atomic mass is 10.2. The van der Waals surface area contributed by atoms with Crippen LogP contribution in [0.15, 0.2) is 58.1 Å². The van der Waals surface area contributed by atoms with Crippen LogP contribution in [0.3, 0.4) is 0 Å². The maximum absolute atomic E-state index is 5.78. The number of pyridine rings is 2. The maximum atomic E-state index is 5.78. The third-order valence-corrected chi connectivity index (χ3v) is 4.24. The molecule has 0 bridgehead atoms. The van der Waals surface area contributed by atoms with Crippen molar-refractivity contribution in [3.8, 4) is 11.4 Å². The van der Waals surface area contributed by atoms with Gasteiger partial charge in [-0.3, -0.25) is 9.97 Å². The van der Waals surface area contributed by atoms with Crippen LogP contribution in [0, 0.1) is 0 Å². The van der Waals surface area contributed by atoms with Gasteiger partial charge in [0.2, 0.25) is 11.4 Å².